The smallest absolute Gasteiger partial charge is 0.223 e. The van der Waals surface area contributed by atoms with Gasteiger partial charge in [-0.15, -0.1) is 0 Å². The molecule has 0 radical (unpaired) electrons. The highest BCUT2D eigenvalue weighted by Crippen LogP contribution is 2.38. The predicted molar refractivity (Wildman–Crippen MR) is 108 cm³/mol. The Morgan fingerprint density at radius 1 is 1.37 bits per heavy atom. The zero-order valence-corrected chi connectivity index (χ0v) is 17.2. The lowest BCUT2D eigenvalue weighted by Gasteiger charge is -2.37. The maximum Gasteiger partial charge on any atom is 0.223 e. The standard InChI is InChI=1S/C22H33N3O2/c1-15(2)21-10-19(16(3)9-20(21)13-24-17(4)26)11-22(27)25(5)14-18-7-6-8-23-12-18/h6-9,12,15,19-21H,10-11,13-14H2,1-5H3,(H,24,26). The van der Waals surface area contributed by atoms with Gasteiger partial charge in [-0.2, -0.15) is 0 Å². The van der Waals surface area contributed by atoms with Crippen molar-refractivity contribution < 1.29 is 9.59 Å². The summed E-state index contributed by atoms with van der Waals surface area (Å²) in [7, 11) is 1.86. The fraction of sp³-hybridized carbons (Fsp3) is 0.591. The summed E-state index contributed by atoms with van der Waals surface area (Å²) in [5, 5.41) is 2.96. The maximum absolute atomic E-state index is 12.8. The average molecular weight is 372 g/mol. The molecule has 1 heterocycles. The second-order valence-corrected chi connectivity index (χ2v) is 8.17. The van der Waals surface area contributed by atoms with E-state index in [1.807, 2.05) is 19.2 Å². The highest BCUT2D eigenvalue weighted by Gasteiger charge is 2.33. The van der Waals surface area contributed by atoms with Crippen LogP contribution in [0.4, 0.5) is 0 Å². The van der Waals surface area contributed by atoms with Crippen molar-refractivity contribution in [3.05, 3.63) is 41.7 Å². The van der Waals surface area contributed by atoms with Crippen molar-refractivity contribution in [1.29, 1.82) is 0 Å². The van der Waals surface area contributed by atoms with E-state index in [-0.39, 0.29) is 17.7 Å². The molecule has 0 aromatic carbocycles. The number of carbonyl (C=O) groups excluding carboxylic acids is 2. The third-order valence-corrected chi connectivity index (χ3v) is 5.66. The summed E-state index contributed by atoms with van der Waals surface area (Å²) in [5.74, 6) is 1.78. The second-order valence-electron chi connectivity index (χ2n) is 8.17. The lowest BCUT2D eigenvalue weighted by molar-refractivity contribution is -0.131. The zero-order valence-electron chi connectivity index (χ0n) is 17.2. The molecule has 0 spiro atoms. The molecule has 2 rings (SSSR count). The summed E-state index contributed by atoms with van der Waals surface area (Å²) in [4.78, 5) is 30.0. The number of rotatable bonds is 7. The molecule has 0 fully saturated rings. The Bertz CT molecular complexity index is 669. The maximum atomic E-state index is 12.8. The van der Waals surface area contributed by atoms with Gasteiger partial charge in [-0.1, -0.05) is 31.6 Å². The van der Waals surface area contributed by atoms with Crippen LogP contribution in [-0.4, -0.2) is 35.3 Å². The summed E-state index contributed by atoms with van der Waals surface area (Å²) >= 11 is 0. The number of nitrogens with one attached hydrogen (secondary N) is 1. The van der Waals surface area contributed by atoms with Gasteiger partial charge in [-0.3, -0.25) is 14.6 Å². The number of allylic oxidation sites excluding steroid dienone is 1. The molecule has 2 amide bonds. The van der Waals surface area contributed by atoms with Gasteiger partial charge in [-0.25, -0.2) is 0 Å². The Morgan fingerprint density at radius 3 is 2.70 bits per heavy atom. The van der Waals surface area contributed by atoms with Crippen LogP contribution in [-0.2, 0) is 16.1 Å². The molecular formula is C22H33N3O2. The van der Waals surface area contributed by atoms with E-state index >= 15 is 0 Å². The third kappa shape index (κ3) is 6.19. The number of carbonyl (C=O) groups is 2. The van der Waals surface area contributed by atoms with Crippen molar-refractivity contribution in [2.24, 2.45) is 23.7 Å². The average Bonchev–Trinajstić information content (AvgIpc) is 2.62. The van der Waals surface area contributed by atoms with E-state index in [2.05, 4.69) is 37.1 Å². The van der Waals surface area contributed by atoms with Crippen LogP contribution in [0.25, 0.3) is 0 Å². The van der Waals surface area contributed by atoms with E-state index in [0.29, 0.717) is 37.3 Å². The van der Waals surface area contributed by atoms with Gasteiger partial charge in [-0.05, 0) is 48.6 Å². The van der Waals surface area contributed by atoms with Crippen LogP contribution in [0.2, 0.25) is 0 Å². The number of amides is 2. The Morgan fingerprint density at radius 2 is 2.11 bits per heavy atom. The molecule has 5 heteroatoms. The normalized spacial score (nSPS) is 22.3. The van der Waals surface area contributed by atoms with Crippen molar-refractivity contribution in [3.63, 3.8) is 0 Å². The molecule has 0 saturated carbocycles. The molecule has 5 nitrogen and oxygen atoms in total. The minimum absolute atomic E-state index is 0.0119. The number of hydrogen-bond acceptors (Lipinski definition) is 3. The van der Waals surface area contributed by atoms with Gasteiger partial charge in [0, 0.05) is 45.9 Å². The van der Waals surface area contributed by atoms with E-state index in [4.69, 9.17) is 0 Å². The molecule has 148 valence electrons. The Kier molecular flexibility index (Phi) is 7.57. The molecule has 0 saturated heterocycles. The Labute approximate surface area is 163 Å². The number of aromatic nitrogens is 1. The number of nitrogens with zero attached hydrogens (tertiary/aromatic N) is 2. The van der Waals surface area contributed by atoms with Gasteiger partial charge in [0.25, 0.3) is 0 Å². The molecule has 1 aliphatic carbocycles. The highest BCUT2D eigenvalue weighted by atomic mass is 16.2. The van der Waals surface area contributed by atoms with Crippen molar-refractivity contribution in [3.8, 4) is 0 Å². The first-order chi connectivity index (χ1) is 12.8. The van der Waals surface area contributed by atoms with E-state index in [1.54, 1.807) is 24.2 Å². The van der Waals surface area contributed by atoms with Crippen molar-refractivity contribution in [1.82, 2.24) is 15.2 Å². The van der Waals surface area contributed by atoms with Gasteiger partial charge < -0.3 is 10.2 Å². The van der Waals surface area contributed by atoms with Gasteiger partial charge >= 0.3 is 0 Å². The van der Waals surface area contributed by atoms with Gasteiger partial charge in [0.15, 0.2) is 0 Å². The van der Waals surface area contributed by atoms with Crippen LogP contribution in [0, 0.1) is 23.7 Å². The fourth-order valence-electron chi connectivity index (χ4n) is 3.99. The van der Waals surface area contributed by atoms with Crippen LogP contribution in [0.3, 0.4) is 0 Å². The van der Waals surface area contributed by atoms with Crippen LogP contribution < -0.4 is 5.32 Å². The Hall–Kier alpha value is -2.17. The summed E-state index contributed by atoms with van der Waals surface area (Å²) in [6.45, 7) is 9.40. The van der Waals surface area contributed by atoms with Crippen LogP contribution in [0.1, 0.15) is 46.1 Å². The van der Waals surface area contributed by atoms with E-state index in [0.717, 1.165) is 12.0 Å². The van der Waals surface area contributed by atoms with E-state index < -0.39 is 0 Å². The first-order valence-electron chi connectivity index (χ1n) is 9.83. The highest BCUT2D eigenvalue weighted by molar-refractivity contribution is 5.76. The zero-order chi connectivity index (χ0) is 20.0. The fourth-order valence-corrected chi connectivity index (χ4v) is 3.99. The lowest BCUT2D eigenvalue weighted by atomic mass is 9.69. The van der Waals surface area contributed by atoms with Crippen molar-refractivity contribution in [2.45, 2.75) is 47.1 Å². The molecule has 27 heavy (non-hydrogen) atoms. The predicted octanol–water partition coefficient (Wildman–Crippen LogP) is 3.42. The van der Waals surface area contributed by atoms with Crippen LogP contribution in [0.5, 0.6) is 0 Å². The first-order valence-corrected chi connectivity index (χ1v) is 9.83. The van der Waals surface area contributed by atoms with Gasteiger partial charge in [0.05, 0.1) is 0 Å². The molecule has 1 N–H and O–H groups in total. The SMILES string of the molecule is CC(=O)NCC1C=C(C)C(CC(=O)N(C)Cc2cccnc2)CC1C(C)C. The molecule has 0 bridgehead atoms. The molecule has 1 aromatic heterocycles. The van der Waals surface area contributed by atoms with Crippen molar-refractivity contribution in [2.75, 3.05) is 13.6 Å². The van der Waals surface area contributed by atoms with Crippen LogP contribution >= 0.6 is 0 Å². The minimum Gasteiger partial charge on any atom is -0.356 e. The molecule has 1 aliphatic rings. The summed E-state index contributed by atoms with van der Waals surface area (Å²) in [6.07, 6.45) is 7.36. The molecule has 1 aromatic rings. The number of pyridine rings is 1. The topological polar surface area (TPSA) is 62.3 Å². The monoisotopic (exact) mass is 371 g/mol. The molecule has 3 unspecified atom stereocenters. The summed E-state index contributed by atoms with van der Waals surface area (Å²) in [5.41, 5.74) is 2.31. The Balaban J connectivity index is 2.01. The third-order valence-electron chi connectivity index (χ3n) is 5.66. The minimum atomic E-state index is 0.0119. The molecule has 3 atom stereocenters. The quantitative estimate of drug-likeness (QED) is 0.747. The van der Waals surface area contributed by atoms with E-state index in [1.165, 1.54) is 5.57 Å². The second kappa shape index (κ2) is 9.67. The van der Waals surface area contributed by atoms with Gasteiger partial charge in [0.1, 0.15) is 0 Å². The summed E-state index contributed by atoms with van der Waals surface area (Å²) in [6, 6.07) is 3.88. The summed E-state index contributed by atoms with van der Waals surface area (Å²) < 4.78 is 0. The number of hydrogen-bond donors (Lipinski definition) is 1. The lowest BCUT2D eigenvalue weighted by Crippen LogP contribution is -2.37. The largest absolute Gasteiger partial charge is 0.356 e. The van der Waals surface area contributed by atoms with Gasteiger partial charge in [0.2, 0.25) is 11.8 Å². The molecular weight excluding hydrogens is 338 g/mol. The van der Waals surface area contributed by atoms with Crippen molar-refractivity contribution >= 4 is 11.8 Å². The van der Waals surface area contributed by atoms with E-state index in [9.17, 15) is 9.59 Å². The van der Waals surface area contributed by atoms with Crippen LogP contribution in [0.15, 0.2) is 36.2 Å². The first kappa shape index (κ1) is 21.1. The molecule has 0 aliphatic heterocycles.